The highest BCUT2D eigenvalue weighted by Gasteiger charge is 2.33. The minimum atomic E-state index is -0.824. The molecule has 116 valence electrons. The summed E-state index contributed by atoms with van der Waals surface area (Å²) in [4.78, 5) is 12.0. The van der Waals surface area contributed by atoms with E-state index in [0.29, 0.717) is 25.1 Å². The fraction of sp³-hybridized carbons (Fsp3) is 0.562. The lowest BCUT2D eigenvalue weighted by atomic mass is 9.97. The first-order valence-electron chi connectivity index (χ1n) is 7.28. The minimum absolute atomic E-state index is 0.140. The van der Waals surface area contributed by atoms with E-state index < -0.39 is 5.60 Å². The maximum atomic E-state index is 13.3. The summed E-state index contributed by atoms with van der Waals surface area (Å²) >= 11 is 1.62. The lowest BCUT2D eigenvalue weighted by molar-refractivity contribution is -0.126. The average molecular weight is 311 g/mol. The fourth-order valence-electron chi connectivity index (χ4n) is 2.82. The molecule has 0 aliphatic heterocycles. The molecule has 2 N–H and O–H groups in total. The standard InChI is InChI=1S/C16H22FNO2S/c1-21-11-13-8-14(17)5-4-12(13)10-18-15(19)9-16(20)6-2-3-7-16/h4-5,8,20H,2-3,6-7,9-11H2,1H3,(H,18,19). The normalized spacial score (nSPS) is 16.9. The molecule has 0 aromatic heterocycles. The zero-order valence-electron chi connectivity index (χ0n) is 12.3. The Morgan fingerprint density at radius 3 is 2.76 bits per heavy atom. The number of hydrogen-bond donors (Lipinski definition) is 2. The van der Waals surface area contributed by atoms with Crippen LogP contribution in [0.4, 0.5) is 4.39 Å². The highest BCUT2D eigenvalue weighted by Crippen LogP contribution is 2.32. The van der Waals surface area contributed by atoms with Crippen LogP contribution < -0.4 is 5.32 Å². The highest BCUT2D eigenvalue weighted by molar-refractivity contribution is 7.97. The largest absolute Gasteiger partial charge is 0.389 e. The number of benzene rings is 1. The third-order valence-corrected chi connectivity index (χ3v) is 4.57. The number of carbonyl (C=O) groups excluding carboxylic acids is 1. The number of halogens is 1. The topological polar surface area (TPSA) is 49.3 Å². The van der Waals surface area contributed by atoms with Crippen LogP contribution in [0.3, 0.4) is 0 Å². The molecule has 0 atom stereocenters. The maximum Gasteiger partial charge on any atom is 0.223 e. The van der Waals surface area contributed by atoms with Crippen LogP contribution in [0, 0.1) is 5.82 Å². The van der Waals surface area contributed by atoms with E-state index in [9.17, 15) is 14.3 Å². The first-order chi connectivity index (χ1) is 10.0. The molecule has 0 heterocycles. The summed E-state index contributed by atoms with van der Waals surface area (Å²) in [5.41, 5.74) is 1.01. The van der Waals surface area contributed by atoms with Gasteiger partial charge in [-0.05, 0) is 42.4 Å². The van der Waals surface area contributed by atoms with E-state index in [-0.39, 0.29) is 18.1 Å². The van der Waals surface area contributed by atoms with Crippen molar-refractivity contribution in [1.29, 1.82) is 0 Å². The Morgan fingerprint density at radius 2 is 2.10 bits per heavy atom. The van der Waals surface area contributed by atoms with Crippen LogP contribution in [-0.4, -0.2) is 22.9 Å². The summed E-state index contributed by atoms with van der Waals surface area (Å²) in [6.07, 6.45) is 5.50. The number of thioether (sulfide) groups is 1. The number of aliphatic hydroxyl groups is 1. The van der Waals surface area contributed by atoms with E-state index >= 15 is 0 Å². The van der Waals surface area contributed by atoms with Gasteiger partial charge in [-0.3, -0.25) is 4.79 Å². The summed E-state index contributed by atoms with van der Waals surface area (Å²) < 4.78 is 13.3. The Hall–Kier alpha value is -1.07. The number of hydrogen-bond acceptors (Lipinski definition) is 3. The van der Waals surface area contributed by atoms with Crippen LogP contribution in [0.5, 0.6) is 0 Å². The molecular weight excluding hydrogens is 289 g/mol. The molecule has 1 aromatic rings. The van der Waals surface area contributed by atoms with Gasteiger partial charge in [-0.1, -0.05) is 18.9 Å². The van der Waals surface area contributed by atoms with Crippen LogP contribution in [0.1, 0.15) is 43.2 Å². The van der Waals surface area contributed by atoms with E-state index in [1.165, 1.54) is 12.1 Å². The summed E-state index contributed by atoms with van der Waals surface area (Å²) in [6, 6.07) is 4.64. The molecule has 0 bridgehead atoms. The van der Waals surface area contributed by atoms with Crippen molar-refractivity contribution in [2.75, 3.05) is 6.26 Å². The lowest BCUT2D eigenvalue weighted by Gasteiger charge is -2.21. The maximum absolute atomic E-state index is 13.3. The van der Waals surface area contributed by atoms with Gasteiger partial charge >= 0.3 is 0 Å². The van der Waals surface area contributed by atoms with Crippen molar-refractivity contribution >= 4 is 17.7 Å². The molecule has 0 radical (unpaired) electrons. The second-order valence-corrected chi connectivity index (χ2v) is 6.60. The van der Waals surface area contributed by atoms with Crippen LogP contribution >= 0.6 is 11.8 Å². The van der Waals surface area contributed by atoms with E-state index in [1.807, 2.05) is 6.26 Å². The summed E-state index contributed by atoms with van der Waals surface area (Å²) in [7, 11) is 0. The van der Waals surface area contributed by atoms with Crippen molar-refractivity contribution in [2.45, 2.75) is 50.0 Å². The molecule has 0 spiro atoms. The van der Waals surface area contributed by atoms with E-state index in [0.717, 1.165) is 24.0 Å². The van der Waals surface area contributed by atoms with Crippen molar-refractivity contribution in [1.82, 2.24) is 5.32 Å². The number of nitrogens with one attached hydrogen (secondary N) is 1. The van der Waals surface area contributed by atoms with E-state index in [4.69, 9.17) is 0 Å². The van der Waals surface area contributed by atoms with Crippen LogP contribution in [0.2, 0.25) is 0 Å². The van der Waals surface area contributed by atoms with Gasteiger partial charge in [0, 0.05) is 12.3 Å². The SMILES string of the molecule is CSCc1cc(F)ccc1CNC(=O)CC1(O)CCCC1. The van der Waals surface area contributed by atoms with Gasteiger partial charge < -0.3 is 10.4 Å². The Kier molecular flexibility index (Phi) is 5.65. The van der Waals surface area contributed by atoms with Gasteiger partial charge in [-0.15, -0.1) is 0 Å². The van der Waals surface area contributed by atoms with Crippen molar-refractivity contribution in [3.8, 4) is 0 Å². The smallest absolute Gasteiger partial charge is 0.223 e. The van der Waals surface area contributed by atoms with Gasteiger partial charge in [0.05, 0.1) is 12.0 Å². The molecule has 3 nitrogen and oxygen atoms in total. The van der Waals surface area contributed by atoms with E-state index in [2.05, 4.69) is 5.32 Å². The van der Waals surface area contributed by atoms with Gasteiger partial charge in [-0.2, -0.15) is 11.8 Å². The van der Waals surface area contributed by atoms with Crippen LogP contribution in [0.15, 0.2) is 18.2 Å². The number of rotatable bonds is 6. The third-order valence-electron chi connectivity index (χ3n) is 3.97. The molecule has 21 heavy (non-hydrogen) atoms. The van der Waals surface area contributed by atoms with Crippen molar-refractivity contribution in [2.24, 2.45) is 0 Å². The molecule has 1 aliphatic carbocycles. The monoisotopic (exact) mass is 311 g/mol. The molecule has 1 saturated carbocycles. The van der Waals surface area contributed by atoms with Gasteiger partial charge in [0.2, 0.25) is 5.91 Å². The fourth-order valence-corrected chi connectivity index (χ4v) is 3.40. The van der Waals surface area contributed by atoms with Crippen LogP contribution in [-0.2, 0) is 17.1 Å². The molecule has 1 amide bonds. The van der Waals surface area contributed by atoms with Crippen molar-refractivity contribution < 1.29 is 14.3 Å². The molecule has 1 aromatic carbocycles. The molecule has 1 aliphatic rings. The van der Waals surface area contributed by atoms with Gasteiger partial charge in [0.25, 0.3) is 0 Å². The zero-order chi connectivity index (χ0) is 15.3. The third kappa shape index (κ3) is 4.71. The number of amides is 1. The predicted molar refractivity (Wildman–Crippen MR) is 83.5 cm³/mol. The zero-order valence-corrected chi connectivity index (χ0v) is 13.1. The molecular formula is C16H22FNO2S. The average Bonchev–Trinajstić information content (AvgIpc) is 2.84. The second kappa shape index (κ2) is 7.27. The Labute approximate surface area is 129 Å². The van der Waals surface area contributed by atoms with Crippen LogP contribution in [0.25, 0.3) is 0 Å². The minimum Gasteiger partial charge on any atom is -0.389 e. The second-order valence-electron chi connectivity index (χ2n) is 5.73. The Morgan fingerprint density at radius 1 is 1.38 bits per heavy atom. The molecule has 0 unspecified atom stereocenters. The summed E-state index contributed by atoms with van der Waals surface area (Å²) in [5, 5.41) is 13.1. The quantitative estimate of drug-likeness (QED) is 0.849. The van der Waals surface area contributed by atoms with Gasteiger partial charge in [-0.25, -0.2) is 4.39 Å². The highest BCUT2D eigenvalue weighted by atomic mass is 32.2. The lowest BCUT2D eigenvalue weighted by Crippen LogP contribution is -2.34. The Bertz CT molecular complexity index is 501. The summed E-state index contributed by atoms with van der Waals surface area (Å²) in [5.74, 6) is 0.320. The first-order valence-corrected chi connectivity index (χ1v) is 8.67. The molecule has 0 saturated heterocycles. The summed E-state index contributed by atoms with van der Waals surface area (Å²) in [6.45, 7) is 0.380. The molecule has 2 rings (SSSR count). The molecule has 1 fully saturated rings. The number of carbonyl (C=O) groups is 1. The van der Waals surface area contributed by atoms with Crippen molar-refractivity contribution in [3.63, 3.8) is 0 Å². The van der Waals surface area contributed by atoms with Gasteiger partial charge in [0.1, 0.15) is 5.82 Å². The Balaban J connectivity index is 1.91. The van der Waals surface area contributed by atoms with Crippen molar-refractivity contribution in [3.05, 3.63) is 35.1 Å². The predicted octanol–water partition coefficient (Wildman–Crippen LogP) is 3.00. The van der Waals surface area contributed by atoms with Gasteiger partial charge in [0.15, 0.2) is 0 Å². The molecule has 5 heteroatoms. The first kappa shape index (κ1) is 16.3. The van der Waals surface area contributed by atoms with E-state index in [1.54, 1.807) is 17.8 Å².